The number of thiazole rings is 1. The Hall–Kier alpha value is -2.24. The molecular formula is C23H29N5O3S3. The van der Waals surface area contributed by atoms with Crippen molar-refractivity contribution in [1.29, 1.82) is 0 Å². The van der Waals surface area contributed by atoms with Crippen molar-refractivity contribution in [3.05, 3.63) is 26.4 Å². The summed E-state index contributed by atoms with van der Waals surface area (Å²) in [6.07, 6.45) is 3.40. The Morgan fingerprint density at radius 2 is 2.15 bits per heavy atom. The van der Waals surface area contributed by atoms with Gasteiger partial charge in [0.25, 0.3) is 0 Å². The molecule has 0 saturated carbocycles. The van der Waals surface area contributed by atoms with Gasteiger partial charge in [-0.15, -0.1) is 21.5 Å². The van der Waals surface area contributed by atoms with Gasteiger partial charge in [0.2, 0.25) is 5.91 Å². The maximum Gasteiger partial charge on any atom is 0.350 e. The lowest BCUT2D eigenvalue weighted by Gasteiger charge is -2.19. The van der Waals surface area contributed by atoms with Crippen LogP contribution in [-0.4, -0.2) is 44.0 Å². The zero-order valence-corrected chi connectivity index (χ0v) is 22.5. The zero-order valence-electron chi connectivity index (χ0n) is 20.0. The number of esters is 1. The van der Waals surface area contributed by atoms with Crippen LogP contribution in [0.15, 0.2) is 10.5 Å². The minimum absolute atomic E-state index is 0.155. The van der Waals surface area contributed by atoms with Gasteiger partial charge in [0, 0.05) is 21.9 Å². The van der Waals surface area contributed by atoms with Crippen LogP contribution in [0.3, 0.4) is 0 Å². The van der Waals surface area contributed by atoms with Gasteiger partial charge in [0.1, 0.15) is 4.88 Å². The molecule has 0 spiro atoms. The Kier molecular flexibility index (Phi) is 7.73. The van der Waals surface area contributed by atoms with Gasteiger partial charge in [-0.25, -0.2) is 9.78 Å². The number of aryl methyl sites for hydroxylation is 1. The molecule has 8 nitrogen and oxygen atoms in total. The highest BCUT2D eigenvalue weighted by Gasteiger charge is 2.26. The number of amides is 1. The van der Waals surface area contributed by atoms with Crippen molar-refractivity contribution in [3.63, 3.8) is 0 Å². The number of rotatable bonds is 8. The molecule has 1 unspecified atom stereocenters. The Bertz CT molecular complexity index is 1200. The average molecular weight is 520 g/mol. The molecule has 1 N–H and O–H groups in total. The minimum Gasteiger partial charge on any atom is -0.462 e. The van der Waals surface area contributed by atoms with E-state index in [1.165, 1.54) is 34.2 Å². The largest absolute Gasteiger partial charge is 0.462 e. The zero-order chi connectivity index (χ0) is 24.4. The summed E-state index contributed by atoms with van der Waals surface area (Å²) in [5, 5.41) is 15.0. The SMILES string of the molecule is CCOC(=O)c1sc(NC(=O)CSc2nnc(-c3csc4c3CCC(C)C4)n2C(C)C)nc1C. The van der Waals surface area contributed by atoms with Gasteiger partial charge in [0.15, 0.2) is 16.1 Å². The van der Waals surface area contributed by atoms with Gasteiger partial charge >= 0.3 is 5.97 Å². The van der Waals surface area contributed by atoms with Crippen LogP contribution in [0.4, 0.5) is 5.13 Å². The van der Waals surface area contributed by atoms with Crippen LogP contribution in [0.1, 0.15) is 66.0 Å². The summed E-state index contributed by atoms with van der Waals surface area (Å²) in [4.78, 5) is 30.7. The molecule has 1 aliphatic carbocycles. The van der Waals surface area contributed by atoms with Crippen LogP contribution in [-0.2, 0) is 22.4 Å². The van der Waals surface area contributed by atoms with Crippen molar-refractivity contribution in [2.45, 2.75) is 65.1 Å². The number of thioether (sulfide) groups is 1. The first-order chi connectivity index (χ1) is 16.3. The summed E-state index contributed by atoms with van der Waals surface area (Å²) in [6.45, 7) is 10.3. The van der Waals surface area contributed by atoms with E-state index in [0.717, 1.165) is 35.9 Å². The number of carbonyl (C=O) groups is 2. The van der Waals surface area contributed by atoms with E-state index < -0.39 is 5.97 Å². The number of thiophene rings is 1. The summed E-state index contributed by atoms with van der Waals surface area (Å²) in [7, 11) is 0. The molecule has 3 heterocycles. The van der Waals surface area contributed by atoms with Gasteiger partial charge in [-0.2, -0.15) is 0 Å². The Morgan fingerprint density at radius 1 is 1.35 bits per heavy atom. The van der Waals surface area contributed by atoms with E-state index in [1.54, 1.807) is 13.8 Å². The lowest BCUT2D eigenvalue weighted by atomic mass is 9.88. The highest BCUT2D eigenvalue weighted by atomic mass is 32.2. The van der Waals surface area contributed by atoms with Gasteiger partial charge < -0.3 is 10.1 Å². The number of anilines is 1. The molecule has 1 aliphatic rings. The number of nitrogens with zero attached hydrogens (tertiary/aromatic N) is 4. The van der Waals surface area contributed by atoms with Crippen molar-refractivity contribution in [1.82, 2.24) is 19.7 Å². The van der Waals surface area contributed by atoms with E-state index in [0.29, 0.717) is 27.5 Å². The molecular weight excluding hydrogens is 490 g/mol. The second-order valence-electron chi connectivity index (χ2n) is 8.66. The standard InChI is InChI=1S/C23H29N5O3S3/c1-6-31-21(30)19-14(5)24-22(34-19)25-18(29)11-33-23-27-26-20(28(23)12(2)3)16-10-32-17-9-13(4)7-8-15(16)17/h10,12-13H,6-9,11H2,1-5H3,(H,24,25,29). The molecule has 0 radical (unpaired) electrons. The van der Waals surface area contributed by atoms with Crippen molar-refractivity contribution in [2.75, 3.05) is 17.7 Å². The predicted molar refractivity (Wildman–Crippen MR) is 137 cm³/mol. The molecule has 1 amide bonds. The number of ether oxygens (including phenoxy) is 1. The Labute approximate surface area is 211 Å². The normalized spacial score (nSPS) is 15.4. The van der Waals surface area contributed by atoms with Crippen molar-refractivity contribution in [2.24, 2.45) is 5.92 Å². The van der Waals surface area contributed by atoms with Crippen molar-refractivity contribution < 1.29 is 14.3 Å². The number of aromatic nitrogens is 4. The van der Waals surface area contributed by atoms with Gasteiger partial charge in [-0.1, -0.05) is 30.0 Å². The highest BCUT2D eigenvalue weighted by Crippen LogP contribution is 2.39. The van der Waals surface area contributed by atoms with Crippen LogP contribution in [0, 0.1) is 12.8 Å². The molecule has 11 heteroatoms. The number of nitrogens with one attached hydrogen (secondary N) is 1. The lowest BCUT2D eigenvalue weighted by molar-refractivity contribution is -0.113. The molecule has 3 aromatic heterocycles. The Balaban J connectivity index is 1.46. The number of carbonyl (C=O) groups excluding carboxylic acids is 2. The molecule has 0 aliphatic heterocycles. The maximum absolute atomic E-state index is 12.6. The van der Waals surface area contributed by atoms with Crippen LogP contribution < -0.4 is 5.32 Å². The van der Waals surface area contributed by atoms with Crippen LogP contribution in [0.5, 0.6) is 0 Å². The van der Waals surface area contributed by atoms with E-state index >= 15 is 0 Å². The fraction of sp³-hybridized carbons (Fsp3) is 0.522. The first kappa shape index (κ1) is 24.9. The van der Waals surface area contributed by atoms with Gasteiger partial charge in [-0.3, -0.25) is 9.36 Å². The van der Waals surface area contributed by atoms with Crippen LogP contribution in [0.25, 0.3) is 11.4 Å². The minimum atomic E-state index is -0.421. The number of hydrogen-bond donors (Lipinski definition) is 1. The monoisotopic (exact) mass is 519 g/mol. The molecule has 4 rings (SSSR count). The third-order valence-corrected chi connectivity index (χ3v) is 8.71. The van der Waals surface area contributed by atoms with Gasteiger partial charge in [-0.05, 0) is 58.4 Å². The Morgan fingerprint density at radius 3 is 2.88 bits per heavy atom. The number of hydrogen-bond acceptors (Lipinski definition) is 9. The summed E-state index contributed by atoms with van der Waals surface area (Å²) in [5.41, 5.74) is 3.13. The highest BCUT2D eigenvalue weighted by molar-refractivity contribution is 7.99. The van der Waals surface area contributed by atoms with Gasteiger partial charge in [0.05, 0.1) is 18.1 Å². The molecule has 3 aromatic rings. The number of fused-ring (bicyclic) bond motifs is 1. The topological polar surface area (TPSA) is 99.0 Å². The van der Waals surface area contributed by atoms with E-state index in [4.69, 9.17) is 4.74 Å². The van der Waals surface area contributed by atoms with E-state index in [-0.39, 0.29) is 17.7 Å². The summed E-state index contributed by atoms with van der Waals surface area (Å²) >= 11 is 4.29. The van der Waals surface area contributed by atoms with E-state index in [1.807, 2.05) is 11.3 Å². The predicted octanol–water partition coefficient (Wildman–Crippen LogP) is 5.38. The first-order valence-electron chi connectivity index (χ1n) is 11.4. The van der Waals surface area contributed by atoms with Crippen LogP contribution >= 0.6 is 34.4 Å². The fourth-order valence-electron chi connectivity index (χ4n) is 4.01. The second kappa shape index (κ2) is 10.6. The average Bonchev–Trinajstić information content (AvgIpc) is 3.48. The molecule has 0 saturated heterocycles. The van der Waals surface area contributed by atoms with E-state index in [9.17, 15) is 9.59 Å². The lowest BCUT2D eigenvalue weighted by Crippen LogP contribution is -2.15. The van der Waals surface area contributed by atoms with Crippen molar-refractivity contribution >= 4 is 51.4 Å². The summed E-state index contributed by atoms with van der Waals surface area (Å²) in [6, 6.07) is 0.155. The van der Waals surface area contributed by atoms with Crippen molar-refractivity contribution in [3.8, 4) is 11.4 Å². The first-order valence-corrected chi connectivity index (χ1v) is 14.1. The smallest absolute Gasteiger partial charge is 0.350 e. The third kappa shape index (κ3) is 5.21. The molecule has 1 atom stereocenters. The van der Waals surface area contributed by atoms with E-state index in [2.05, 4.69) is 51.2 Å². The molecule has 182 valence electrons. The summed E-state index contributed by atoms with van der Waals surface area (Å²) in [5.74, 6) is 1.13. The molecule has 0 bridgehead atoms. The summed E-state index contributed by atoms with van der Waals surface area (Å²) < 4.78 is 7.15. The quantitative estimate of drug-likeness (QED) is 0.315. The second-order valence-corrected chi connectivity index (χ2v) is 11.6. The molecule has 34 heavy (non-hydrogen) atoms. The maximum atomic E-state index is 12.6. The molecule has 0 fully saturated rings. The molecule has 0 aromatic carbocycles. The fourth-order valence-corrected chi connectivity index (χ4v) is 7.00. The van der Waals surface area contributed by atoms with Crippen LogP contribution in [0.2, 0.25) is 0 Å². The third-order valence-electron chi connectivity index (χ3n) is 5.66.